The summed E-state index contributed by atoms with van der Waals surface area (Å²) in [5, 5.41) is 11.4. The second-order valence-corrected chi connectivity index (χ2v) is 8.01. The fourth-order valence-corrected chi connectivity index (χ4v) is 4.39. The van der Waals surface area contributed by atoms with E-state index >= 15 is 0 Å². The number of halogens is 2. The van der Waals surface area contributed by atoms with Crippen molar-refractivity contribution in [2.24, 2.45) is 5.73 Å². The van der Waals surface area contributed by atoms with Crippen molar-refractivity contribution in [2.75, 3.05) is 19.6 Å². The van der Waals surface area contributed by atoms with Crippen molar-refractivity contribution in [3.63, 3.8) is 0 Å². The predicted molar refractivity (Wildman–Crippen MR) is 97.5 cm³/mol. The van der Waals surface area contributed by atoms with Gasteiger partial charge >= 0.3 is 6.11 Å². The molecule has 1 saturated carbocycles. The van der Waals surface area contributed by atoms with Gasteiger partial charge in [-0.2, -0.15) is 8.78 Å². The molecule has 0 bridgehead atoms. The van der Waals surface area contributed by atoms with Gasteiger partial charge in [0.25, 0.3) is 0 Å². The predicted octanol–water partition coefficient (Wildman–Crippen LogP) is 3.49. The van der Waals surface area contributed by atoms with Crippen molar-refractivity contribution in [3.05, 3.63) is 29.8 Å². The van der Waals surface area contributed by atoms with Gasteiger partial charge in [0.15, 0.2) is 0 Å². The van der Waals surface area contributed by atoms with E-state index in [1.54, 1.807) is 12.1 Å². The van der Waals surface area contributed by atoms with Gasteiger partial charge in [0.1, 0.15) is 5.75 Å². The van der Waals surface area contributed by atoms with E-state index < -0.39 is 11.7 Å². The van der Waals surface area contributed by atoms with Gasteiger partial charge in [-0.25, -0.2) is 0 Å². The molecule has 2 aliphatic rings. The van der Waals surface area contributed by atoms with Crippen molar-refractivity contribution in [1.29, 1.82) is 0 Å². The van der Waals surface area contributed by atoms with Crippen LogP contribution in [0, 0.1) is 0 Å². The van der Waals surface area contributed by atoms with Crippen molar-refractivity contribution in [1.82, 2.24) is 4.90 Å². The molecule has 1 aliphatic carbocycles. The maximum Gasteiger partial charge on any atom is 0.394 e. The Balaban J connectivity index is 1.86. The largest absolute Gasteiger partial charge is 0.433 e. The Kier molecular flexibility index (Phi) is 5.85. The van der Waals surface area contributed by atoms with Crippen LogP contribution in [0.5, 0.6) is 5.75 Å². The standard InChI is InChI=1S/C20H30F2N2O2/c1-19(21,22)26-17-7-5-6-15(12-17)18(14-24-11-8-16(23)13-24)20(25)9-3-2-4-10-20/h5-7,12,16,18,25H,2-4,8-11,13-14,23H2,1H3/t16-,18?/m0/s1. The highest BCUT2D eigenvalue weighted by Crippen LogP contribution is 2.41. The molecule has 1 aromatic carbocycles. The number of nitrogens with zero attached hydrogens (tertiary/aromatic N) is 1. The van der Waals surface area contributed by atoms with Gasteiger partial charge in [0, 0.05) is 32.0 Å². The van der Waals surface area contributed by atoms with Crippen LogP contribution in [0.1, 0.15) is 56.9 Å². The summed E-state index contributed by atoms with van der Waals surface area (Å²) in [6, 6.07) is 7.00. The second-order valence-electron chi connectivity index (χ2n) is 8.01. The van der Waals surface area contributed by atoms with E-state index in [4.69, 9.17) is 10.5 Å². The summed E-state index contributed by atoms with van der Waals surface area (Å²) in [6.07, 6.45) is 2.34. The second kappa shape index (κ2) is 7.79. The van der Waals surface area contributed by atoms with Crippen LogP contribution < -0.4 is 10.5 Å². The number of likely N-dealkylation sites (tertiary alicyclic amines) is 1. The zero-order valence-corrected chi connectivity index (χ0v) is 15.5. The normalized spacial score (nSPS) is 25.2. The summed E-state index contributed by atoms with van der Waals surface area (Å²) in [7, 11) is 0. The van der Waals surface area contributed by atoms with Crippen LogP contribution in [0.25, 0.3) is 0 Å². The zero-order valence-electron chi connectivity index (χ0n) is 15.5. The topological polar surface area (TPSA) is 58.7 Å². The lowest BCUT2D eigenvalue weighted by Gasteiger charge is -2.41. The highest BCUT2D eigenvalue weighted by Gasteiger charge is 2.40. The molecule has 1 aliphatic heterocycles. The average molecular weight is 368 g/mol. The van der Waals surface area contributed by atoms with Gasteiger partial charge in [-0.1, -0.05) is 31.4 Å². The SMILES string of the molecule is CC(F)(F)Oc1cccc(C(CN2CC[C@H](N)C2)C2(O)CCCCC2)c1. The molecule has 26 heavy (non-hydrogen) atoms. The Morgan fingerprint density at radius 1 is 1.35 bits per heavy atom. The molecule has 0 aromatic heterocycles. The van der Waals surface area contributed by atoms with Gasteiger partial charge in [-0.3, -0.25) is 0 Å². The maximum absolute atomic E-state index is 13.2. The van der Waals surface area contributed by atoms with Gasteiger partial charge in [-0.15, -0.1) is 0 Å². The molecule has 2 atom stereocenters. The van der Waals surface area contributed by atoms with Gasteiger partial charge in [0.2, 0.25) is 0 Å². The van der Waals surface area contributed by atoms with Crippen molar-refractivity contribution in [2.45, 2.75) is 69.1 Å². The van der Waals surface area contributed by atoms with Crippen LogP contribution in [0.2, 0.25) is 0 Å². The van der Waals surface area contributed by atoms with Crippen LogP contribution in [-0.2, 0) is 0 Å². The number of aliphatic hydroxyl groups is 1. The van der Waals surface area contributed by atoms with E-state index in [0.29, 0.717) is 6.54 Å². The molecular formula is C20H30F2N2O2. The first-order valence-corrected chi connectivity index (χ1v) is 9.62. The molecule has 1 heterocycles. The fraction of sp³-hybridized carbons (Fsp3) is 0.700. The molecule has 1 aromatic rings. The monoisotopic (exact) mass is 368 g/mol. The number of hydrogen-bond acceptors (Lipinski definition) is 4. The number of hydrogen-bond donors (Lipinski definition) is 2. The van der Waals surface area contributed by atoms with Crippen LogP contribution in [0.3, 0.4) is 0 Å². The first kappa shape index (κ1) is 19.5. The van der Waals surface area contributed by atoms with Crippen LogP contribution in [0.4, 0.5) is 8.78 Å². The Morgan fingerprint density at radius 3 is 2.69 bits per heavy atom. The summed E-state index contributed by atoms with van der Waals surface area (Å²) in [4.78, 5) is 2.28. The Bertz CT molecular complexity index is 600. The fourth-order valence-electron chi connectivity index (χ4n) is 4.39. The molecule has 3 rings (SSSR count). The Hall–Kier alpha value is -1.24. The van der Waals surface area contributed by atoms with Crippen molar-refractivity contribution in [3.8, 4) is 5.75 Å². The minimum atomic E-state index is -3.22. The highest BCUT2D eigenvalue weighted by molar-refractivity contribution is 5.33. The molecular weight excluding hydrogens is 338 g/mol. The molecule has 4 nitrogen and oxygen atoms in total. The van der Waals surface area contributed by atoms with E-state index in [9.17, 15) is 13.9 Å². The van der Waals surface area contributed by atoms with Crippen LogP contribution >= 0.6 is 0 Å². The number of nitrogens with two attached hydrogens (primary N) is 1. The average Bonchev–Trinajstić information content (AvgIpc) is 2.97. The Labute approximate surface area is 154 Å². The molecule has 1 unspecified atom stereocenters. The number of benzene rings is 1. The minimum absolute atomic E-state index is 0.137. The molecule has 0 spiro atoms. The van der Waals surface area contributed by atoms with Gasteiger partial charge < -0.3 is 20.5 Å². The number of rotatable bonds is 6. The lowest BCUT2D eigenvalue weighted by atomic mass is 9.72. The van der Waals surface area contributed by atoms with Crippen molar-refractivity contribution < 1.29 is 18.6 Å². The number of ether oxygens (including phenoxy) is 1. The Morgan fingerprint density at radius 2 is 2.08 bits per heavy atom. The molecule has 3 N–H and O–H groups in total. The van der Waals surface area contributed by atoms with Gasteiger partial charge in [0.05, 0.1) is 5.60 Å². The summed E-state index contributed by atoms with van der Waals surface area (Å²) >= 11 is 0. The third-order valence-electron chi connectivity index (χ3n) is 5.68. The zero-order chi connectivity index (χ0) is 18.8. The van der Waals surface area contributed by atoms with Crippen LogP contribution in [-0.4, -0.2) is 47.4 Å². The lowest BCUT2D eigenvalue weighted by Crippen LogP contribution is -2.44. The lowest BCUT2D eigenvalue weighted by molar-refractivity contribution is -0.159. The molecule has 1 saturated heterocycles. The van der Waals surface area contributed by atoms with E-state index in [2.05, 4.69) is 4.90 Å². The third kappa shape index (κ3) is 4.93. The van der Waals surface area contributed by atoms with E-state index in [1.165, 1.54) is 6.07 Å². The van der Waals surface area contributed by atoms with Gasteiger partial charge in [-0.05, 0) is 43.5 Å². The molecule has 0 radical (unpaired) electrons. The quantitative estimate of drug-likeness (QED) is 0.807. The maximum atomic E-state index is 13.2. The summed E-state index contributed by atoms with van der Waals surface area (Å²) < 4.78 is 31.2. The smallest absolute Gasteiger partial charge is 0.394 e. The first-order chi connectivity index (χ1) is 12.3. The number of alkyl halides is 2. The molecule has 6 heteroatoms. The van der Waals surface area contributed by atoms with Crippen molar-refractivity contribution >= 4 is 0 Å². The first-order valence-electron chi connectivity index (χ1n) is 9.62. The van der Waals surface area contributed by atoms with E-state index in [1.807, 2.05) is 6.07 Å². The summed E-state index contributed by atoms with van der Waals surface area (Å²) in [5.74, 6) is -0.000314. The minimum Gasteiger partial charge on any atom is -0.433 e. The molecule has 146 valence electrons. The summed E-state index contributed by atoms with van der Waals surface area (Å²) in [6.45, 7) is 3.15. The third-order valence-corrected chi connectivity index (χ3v) is 5.68. The van der Waals surface area contributed by atoms with E-state index in [-0.39, 0.29) is 17.7 Å². The van der Waals surface area contributed by atoms with E-state index in [0.717, 1.165) is 64.1 Å². The summed E-state index contributed by atoms with van der Waals surface area (Å²) in [5.41, 5.74) is 6.09. The van der Waals surface area contributed by atoms with Crippen LogP contribution in [0.15, 0.2) is 24.3 Å². The molecule has 0 amide bonds. The molecule has 2 fully saturated rings. The highest BCUT2D eigenvalue weighted by atomic mass is 19.3.